The van der Waals surface area contributed by atoms with Crippen molar-refractivity contribution >= 4 is 47.4 Å². The Bertz CT molecular complexity index is 1100. The Hall–Kier alpha value is -4.92. The highest BCUT2D eigenvalue weighted by Gasteiger charge is 2.22. The van der Waals surface area contributed by atoms with Gasteiger partial charge in [0.25, 0.3) is 0 Å². The molecule has 0 heterocycles. The molecule has 2 atom stereocenters. The van der Waals surface area contributed by atoms with Gasteiger partial charge >= 0.3 is 23.9 Å². The van der Waals surface area contributed by atoms with Crippen LogP contribution in [-0.2, 0) is 38.1 Å². The Morgan fingerprint density at radius 3 is 1.31 bits per heavy atom. The van der Waals surface area contributed by atoms with E-state index in [0.29, 0.717) is 11.4 Å². The van der Waals surface area contributed by atoms with E-state index >= 15 is 0 Å². The minimum atomic E-state index is -1.25. The lowest BCUT2D eigenvalue weighted by atomic mass is 10.2. The van der Waals surface area contributed by atoms with Crippen molar-refractivity contribution in [3.05, 3.63) is 59.7 Å². The molecule has 0 N–H and O–H groups in total. The highest BCUT2D eigenvalue weighted by molar-refractivity contribution is 5.92. The van der Waals surface area contributed by atoms with Crippen LogP contribution in [-0.4, -0.2) is 61.5 Å². The van der Waals surface area contributed by atoms with Crippen LogP contribution in [0, 0.1) is 0 Å². The Balaban J connectivity index is 1.71. The third kappa shape index (κ3) is 8.45. The summed E-state index contributed by atoms with van der Waals surface area (Å²) >= 11 is 0. The van der Waals surface area contributed by atoms with Crippen LogP contribution in [0.1, 0.15) is 34.6 Å². The average molecular weight is 496 g/mol. The Labute approximate surface area is 204 Å². The van der Waals surface area contributed by atoms with Crippen molar-refractivity contribution in [1.29, 1.82) is 0 Å². The van der Waals surface area contributed by atoms with Crippen molar-refractivity contribution in [3.8, 4) is 0 Å². The van der Waals surface area contributed by atoms with Crippen molar-refractivity contribution in [2.75, 3.05) is 13.2 Å². The second-order valence-corrected chi connectivity index (χ2v) is 6.93. The minimum absolute atomic E-state index is 0.127. The van der Waals surface area contributed by atoms with Gasteiger partial charge in [-0.25, -0.2) is 28.8 Å². The lowest BCUT2D eigenvalue weighted by Gasteiger charge is -2.14. The van der Waals surface area contributed by atoms with Crippen LogP contribution in [0.5, 0.6) is 0 Å². The summed E-state index contributed by atoms with van der Waals surface area (Å²) in [6.07, 6.45) is 0.246. The molecule has 2 aromatic carbocycles. The fraction of sp³-hybridized carbons (Fsp3) is 0.250. The van der Waals surface area contributed by atoms with E-state index in [1.54, 1.807) is 0 Å². The first kappa shape index (κ1) is 27.3. The maximum Gasteiger partial charge on any atom is 0.347 e. The van der Waals surface area contributed by atoms with Gasteiger partial charge in [0.2, 0.25) is 12.2 Å². The van der Waals surface area contributed by atoms with Gasteiger partial charge in [-0.2, -0.15) is 9.98 Å². The number of esters is 4. The van der Waals surface area contributed by atoms with Gasteiger partial charge in [-0.15, -0.1) is 0 Å². The molecule has 2 rings (SSSR count). The maximum absolute atomic E-state index is 12.1. The third-order valence-electron chi connectivity index (χ3n) is 4.36. The number of hydrogen-bond acceptors (Lipinski definition) is 12. The van der Waals surface area contributed by atoms with Gasteiger partial charge in [-0.3, -0.25) is 0 Å². The number of aliphatic imine (C=N–C) groups is 2. The summed E-state index contributed by atoms with van der Waals surface area (Å²) in [5.41, 5.74) is 0.852. The summed E-state index contributed by atoms with van der Waals surface area (Å²) in [5, 5.41) is 0. The Morgan fingerprint density at radius 2 is 1.00 bits per heavy atom. The number of isocyanates is 2. The summed E-state index contributed by atoms with van der Waals surface area (Å²) in [7, 11) is 0. The lowest BCUT2D eigenvalue weighted by molar-refractivity contribution is -0.161. The first-order valence-corrected chi connectivity index (χ1v) is 10.4. The average Bonchev–Trinajstić information content (AvgIpc) is 2.87. The zero-order chi connectivity index (χ0) is 26.5. The molecule has 0 saturated heterocycles. The molecule has 0 radical (unpaired) electrons. The van der Waals surface area contributed by atoms with Crippen LogP contribution < -0.4 is 0 Å². The van der Waals surface area contributed by atoms with Gasteiger partial charge < -0.3 is 18.9 Å². The van der Waals surface area contributed by atoms with Gasteiger partial charge in [-0.05, 0) is 62.4 Å². The van der Waals surface area contributed by atoms with Crippen molar-refractivity contribution in [1.82, 2.24) is 0 Å². The van der Waals surface area contributed by atoms with Crippen molar-refractivity contribution in [2.24, 2.45) is 9.98 Å². The quantitative estimate of drug-likeness (QED) is 0.148. The molecule has 12 heteroatoms. The monoisotopic (exact) mass is 496 g/mol. The topological polar surface area (TPSA) is 164 Å². The molecule has 0 aromatic heterocycles. The van der Waals surface area contributed by atoms with Gasteiger partial charge in [-0.1, -0.05) is 0 Å². The zero-order valence-corrected chi connectivity index (χ0v) is 19.2. The number of benzene rings is 2. The molecule has 0 aliphatic carbocycles. The molecule has 12 nitrogen and oxygen atoms in total. The summed E-state index contributed by atoms with van der Waals surface area (Å²) in [5.74, 6) is -3.34. The fourth-order valence-corrected chi connectivity index (χ4v) is 2.52. The molecule has 0 saturated carbocycles. The maximum atomic E-state index is 12.1. The summed E-state index contributed by atoms with van der Waals surface area (Å²) < 4.78 is 19.8. The van der Waals surface area contributed by atoms with E-state index in [2.05, 4.69) is 9.98 Å². The standard InChI is InChI=1S/C24H20N2O10/c1-15(35-23(31)17-3-7-19(8-4-17)25-13-27)21(29)33-11-12-34-22(30)16(2)36-24(32)18-5-9-20(10-6-18)26-14-28/h3-10,15-16H,11-12H2,1-2H3. The van der Waals surface area contributed by atoms with Gasteiger partial charge in [0.15, 0.2) is 12.2 Å². The van der Waals surface area contributed by atoms with Crippen LogP contribution >= 0.6 is 0 Å². The highest BCUT2D eigenvalue weighted by atomic mass is 16.6. The largest absolute Gasteiger partial charge is 0.459 e. The molecule has 0 aliphatic heterocycles. The molecular weight excluding hydrogens is 476 g/mol. The fourth-order valence-electron chi connectivity index (χ4n) is 2.52. The van der Waals surface area contributed by atoms with E-state index in [9.17, 15) is 28.8 Å². The Kier molecular flexibility index (Phi) is 10.4. The second-order valence-electron chi connectivity index (χ2n) is 6.93. The number of carbonyl (C=O) groups excluding carboxylic acids is 6. The Morgan fingerprint density at radius 1 is 0.667 bits per heavy atom. The van der Waals surface area contributed by atoms with Crippen LogP contribution in [0.3, 0.4) is 0 Å². The van der Waals surface area contributed by atoms with Crippen molar-refractivity contribution in [2.45, 2.75) is 26.1 Å². The van der Waals surface area contributed by atoms with E-state index in [4.69, 9.17) is 18.9 Å². The van der Waals surface area contributed by atoms with Crippen molar-refractivity contribution < 1.29 is 47.7 Å². The number of hydrogen-bond donors (Lipinski definition) is 0. The summed E-state index contributed by atoms with van der Waals surface area (Å²) in [6.45, 7) is 1.95. The van der Waals surface area contributed by atoms with Crippen LogP contribution in [0.15, 0.2) is 58.5 Å². The number of rotatable bonds is 11. The van der Waals surface area contributed by atoms with E-state index < -0.39 is 36.1 Å². The predicted octanol–water partition coefficient (Wildman–Crippen LogP) is 2.50. The van der Waals surface area contributed by atoms with E-state index in [-0.39, 0.29) is 24.3 Å². The molecular formula is C24H20N2O10. The molecule has 2 unspecified atom stereocenters. The molecule has 2 aromatic rings. The van der Waals surface area contributed by atoms with E-state index in [1.165, 1.54) is 74.5 Å². The van der Waals surface area contributed by atoms with Gasteiger partial charge in [0.05, 0.1) is 22.5 Å². The van der Waals surface area contributed by atoms with Gasteiger partial charge in [0, 0.05) is 0 Å². The SMILES string of the molecule is CC(OC(=O)c1ccc(N=C=O)cc1)C(=O)OCCOC(=O)C(C)OC(=O)c1ccc(N=C=O)cc1. The number of ether oxygens (including phenoxy) is 4. The number of carbonyl (C=O) groups is 4. The minimum Gasteiger partial charge on any atom is -0.459 e. The first-order chi connectivity index (χ1) is 17.2. The smallest absolute Gasteiger partial charge is 0.347 e. The molecule has 0 amide bonds. The van der Waals surface area contributed by atoms with Crippen molar-refractivity contribution in [3.63, 3.8) is 0 Å². The van der Waals surface area contributed by atoms with Crippen LogP contribution in [0.25, 0.3) is 0 Å². The normalized spacial score (nSPS) is 11.5. The van der Waals surface area contributed by atoms with E-state index in [0.717, 1.165) is 0 Å². The molecule has 0 aliphatic rings. The number of nitrogens with zero attached hydrogens (tertiary/aromatic N) is 2. The lowest BCUT2D eigenvalue weighted by Crippen LogP contribution is -2.29. The molecule has 36 heavy (non-hydrogen) atoms. The summed E-state index contributed by atoms with van der Waals surface area (Å²) in [4.78, 5) is 75.4. The first-order valence-electron chi connectivity index (χ1n) is 10.4. The molecule has 0 fully saturated rings. The predicted molar refractivity (Wildman–Crippen MR) is 120 cm³/mol. The molecule has 186 valence electrons. The van der Waals surface area contributed by atoms with Gasteiger partial charge in [0.1, 0.15) is 13.2 Å². The second kappa shape index (κ2) is 13.7. The molecule has 0 spiro atoms. The summed E-state index contributed by atoms with van der Waals surface area (Å²) in [6, 6.07) is 11.1. The highest BCUT2D eigenvalue weighted by Crippen LogP contribution is 2.15. The van der Waals surface area contributed by atoms with E-state index in [1.807, 2.05) is 0 Å². The third-order valence-corrected chi connectivity index (χ3v) is 4.36. The zero-order valence-electron chi connectivity index (χ0n) is 19.2. The van der Waals surface area contributed by atoms with Crippen LogP contribution in [0.2, 0.25) is 0 Å². The van der Waals surface area contributed by atoms with Crippen LogP contribution in [0.4, 0.5) is 11.4 Å². The molecule has 0 bridgehead atoms.